The number of rotatable bonds is 3. The summed E-state index contributed by atoms with van der Waals surface area (Å²) in [4.78, 5) is 19.3. The Morgan fingerprint density at radius 3 is 2.63 bits per heavy atom. The lowest BCUT2D eigenvalue weighted by molar-refractivity contribution is -0.118. The fourth-order valence-corrected chi connectivity index (χ4v) is 4.34. The van der Waals surface area contributed by atoms with Crippen LogP contribution in [0.5, 0.6) is 5.88 Å². The van der Waals surface area contributed by atoms with Crippen LogP contribution in [-0.4, -0.2) is 26.8 Å². The largest absolute Gasteiger partial charge is 0.447 e. The first kappa shape index (κ1) is 20.3. The molecule has 0 radical (unpaired) electrons. The van der Waals surface area contributed by atoms with Crippen molar-refractivity contribution in [2.75, 3.05) is 10.7 Å². The molecule has 1 atom stereocenters. The van der Waals surface area contributed by atoms with Gasteiger partial charge in [0.2, 0.25) is 23.2 Å². The van der Waals surface area contributed by atoms with Gasteiger partial charge in [-0.2, -0.15) is 4.98 Å². The molecule has 1 aliphatic rings. The molecular weight excluding hydrogens is 396 g/mol. The van der Waals surface area contributed by atoms with Crippen molar-refractivity contribution in [1.29, 1.82) is 0 Å². The second-order valence-electron chi connectivity index (χ2n) is 7.43. The standard InChI is InChI=1S/C23H24N4O2S/c1-6-30-23-24-21-19(25-26-23)18-12-14(3)10-15(4)20(18)27(16(5)28)22(29-21)17-9-7-8-13(2)11-17/h7-12,22H,6H2,1-5H3/t22-/m0/s1. The number of anilines is 1. The number of carbonyl (C=O) groups is 1. The highest BCUT2D eigenvalue weighted by molar-refractivity contribution is 7.99. The number of amides is 1. The van der Waals surface area contributed by atoms with Crippen LogP contribution in [0.4, 0.5) is 5.69 Å². The van der Waals surface area contributed by atoms with Crippen LogP contribution < -0.4 is 9.64 Å². The Bertz CT molecular complexity index is 1130. The summed E-state index contributed by atoms with van der Waals surface area (Å²) >= 11 is 1.50. The minimum Gasteiger partial charge on any atom is -0.447 e. The highest BCUT2D eigenvalue weighted by atomic mass is 32.2. The number of aryl methyl sites for hydroxylation is 3. The molecule has 0 saturated carbocycles. The number of aromatic nitrogens is 3. The van der Waals surface area contributed by atoms with Gasteiger partial charge in [0.25, 0.3) is 0 Å². The fraction of sp³-hybridized carbons (Fsp3) is 0.304. The van der Waals surface area contributed by atoms with E-state index in [-0.39, 0.29) is 5.91 Å². The van der Waals surface area contributed by atoms with E-state index in [1.165, 1.54) is 11.8 Å². The van der Waals surface area contributed by atoms with Crippen LogP contribution in [0.2, 0.25) is 0 Å². The van der Waals surface area contributed by atoms with Gasteiger partial charge in [-0.15, -0.1) is 10.2 Å². The molecular formula is C23H24N4O2S. The predicted octanol–water partition coefficient (Wildman–Crippen LogP) is 5.02. The van der Waals surface area contributed by atoms with Crippen molar-refractivity contribution in [2.45, 2.75) is 46.0 Å². The molecule has 7 heteroatoms. The molecule has 2 heterocycles. The minimum absolute atomic E-state index is 0.112. The Balaban J connectivity index is 2.02. The van der Waals surface area contributed by atoms with E-state index in [0.29, 0.717) is 16.7 Å². The van der Waals surface area contributed by atoms with E-state index in [1.807, 2.05) is 58.0 Å². The summed E-state index contributed by atoms with van der Waals surface area (Å²) < 4.78 is 6.41. The zero-order valence-electron chi connectivity index (χ0n) is 17.8. The van der Waals surface area contributed by atoms with Crippen molar-refractivity contribution in [3.05, 3.63) is 58.7 Å². The van der Waals surface area contributed by atoms with Gasteiger partial charge < -0.3 is 4.74 Å². The van der Waals surface area contributed by atoms with Gasteiger partial charge >= 0.3 is 0 Å². The molecule has 2 aromatic carbocycles. The second kappa shape index (κ2) is 8.07. The van der Waals surface area contributed by atoms with Gasteiger partial charge in [0.15, 0.2) is 5.69 Å². The minimum atomic E-state index is -0.653. The van der Waals surface area contributed by atoms with E-state index in [1.54, 1.807) is 11.8 Å². The highest BCUT2D eigenvalue weighted by Crippen LogP contribution is 2.45. The van der Waals surface area contributed by atoms with Crippen LogP contribution in [0.15, 0.2) is 41.6 Å². The molecule has 0 unspecified atom stereocenters. The normalized spacial score (nSPS) is 15.1. The van der Waals surface area contributed by atoms with Crippen LogP contribution in [-0.2, 0) is 4.79 Å². The molecule has 1 aliphatic heterocycles. The van der Waals surface area contributed by atoms with Crippen molar-refractivity contribution in [3.63, 3.8) is 0 Å². The summed E-state index contributed by atoms with van der Waals surface area (Å²) in [5.74, 6) is 1.11. The van der Waals surface area contributed by atoms with Gasteiger partial charge in [-0.1, -0.05) is 60.1 Å². The van der Waals surface area contributed by atoms with E-state index in [2.05, 4.69) is 21.2 Å². The molecule has 154 valence electrons. The molecule has 4 rings (SSSR count). The Morgan fingerprint density at radius 1 is 1.13 bits per heavy atom. The average molecular weight is 421 g/mol. The maximum Gasteiger partial charge on any atom is 0.247 e. The zero-order chi connectivity index (χ0) is 21.4. The molecule has 0 saturated heterocycles. The number of fused-ring (bicyclic) bond motifs is 3. The Hall–Kier alpha value is -2.93. The highest BCUT2D eigenvalue weighted by Gasteiger charge is 2.35. The summed E-state index contributed by atoms with van der Waals surface area (Å²) in [5.41, 5.74) is 6.16. The van der Waals surface area contributed by atoms with Gasteiger partial charge in [0.05, 0.1) is 5.69 Å². The summed E-state index contributed by atoms with van der Waals surface area (Å²) in [6.07, 6.45) is -0.653. The van der Waals surface area contributed by atoms with Crippen molar-refractivity contribution in [3.8, 4) is 17.1 Å². The van der Waals surface area contributed by atoms with E-state index in [0.717, 1.165) is 39.3 Å². The third kappa shape index (κ3) is 3.65. The van der Waals surface area contributed by atoms with Gasteiger partial charge in [0, 0.05) is 18.1 Å². The molecule has 0 aliphatic carbocycles. The first-order valence-corrected chi connectivity index (χ1v) is 10.9. The lowest BCUT2D eigenvalue weighted by atomic mass is 10.00. The van der Waals surface area contributed by atoms with E-state index < -0.39 is 6.23 Å². The van der Waals surface area contributed by atoms with Crippen LogP contribution in [0, 0.1) is 20.8 Å². The number of ether oxygens (including phenoxy) is 1. The number of benzene rings is 2. The first-order valence-electron chi connectivity index (χ1n) is 9.91. The third-order valence-corrected chi connectivity index (χ3v) is 5.69. The van der Waals surface area contributed by atoms with Crippen LogP contribution in [0.25, 0.3) is 11.3 Å². The molecule has 0 N–H and O–H groups in total. The van der Waals surface area contributed by atoms with Crippen LogP contribution in [0.1, 0.15) is 42.3 Å². The summed E-state index contributed by atoms with van der Waals surface area (Å²) in [5, 5.41) is 9.30. The number of carbonyl (C=O) groups excluding carboxylic acids is 1. The molecule has 3 aromatic rings. The Labute approximate surface area is 180 Å². The molecule has 1 aromatic heterocycles. The van der Waals surface area contributed by atoms with Crippen molar-refractivity contribution in [2.24, 2.45) is 0 Å². The summed E-state index contributed by atoms with van der Waals surface area (Å²) in [7, 11) is 0. The quantitative estimate of drug-likeness (QED) is 0.554. The lowest BCUT2D eigenvalue weighted by Crippen LogP contribution is -2.36. The summed E-state index contributed by atoms with van der Waals surface area (Å²) in [6.45, 7) is 9.64. The lowest BCUT2D eigenvalue weighted by Gasteiger charge is -2.31. The number of nitrogens with zero attached hydrogens (tertiary/aromatic N) is 4. The maximum absolute atomic E-state index is 12.9. The summed E-state index contributed by atoms with van der Waals surface area (Å²) in [6, 6.07) is 12.1. The maximum atomic E-state index is 12.9. The van der Waals surface area contributed by atoms with Crippen molar-refractivity contribution in [1.82, 2.24) is 15.2 Å². The Morgan fingerprint density at radius 2 is 1.93 bits per heavy atom. The average Bonchev–Trinajstić information content (AvgIpc) is 2.83. The second-order valence-corrected chi connectivity index (χ2v) is 8.66. The first-order chi connectivity index (χ1) is 14.4. The zero-order valence-corrected chi connectivity index (χ0v) is 18.6. The van der Waals surface area contributed by atoms with Gasteiger partial charge in [-0.3, -0.25) is 9.69 Å². The van der Waals surface area contributed by atoms with Crippen molar-refractivity contribution >= 4 is 23.4 Å². The van der Waals surface area contributed by atoms with Crippen LogP contribution >= 0.6 is 11.8 Å². The molecule has 6 nitrogen and oxygen atoms in total. The topological polar surface area (TPSA) is 68.2 Å². The number of thioether (sulfide) groups is 1. The van der Waals surface area contributed by atoms with E-state index in [4.69, 9.17) is 4.74 Å². The number of hydrogen-bond acceptors (Lipinski definition) is 6. The Kier molecular flexibility index (Phi) is 5.47. The SMILES string of the molecule is CCSc1nnc2c(n1)O[C@@H](c1cccc(C)c1)N(C(C)=O)c1c(C)cc(C)cc1-2. The van der Waals surface area contributed by atoms with Crippen molar-refractivity contribution < 1.29 is 9.53 Å². The van der Waals surface area contributed by atoms with Gasteiger partial charge in [-0.05, 0) is 38.2 Å². The van der Waals surface area contributed by atoms with E-state index >= 15 is 0 Å². The fourth-order valence-electron chi connectivity index (χ4n) is 3.84. The van der Waals surface area contributed by atoms with Crippen LogP contribution in [0.3, 0.4) is 0 Å². The number of hydrogen-bond donors (Lipinski definition) is 0. The molecule has 1 amide bonds. The smallest absolute Gasteiger partial charge is 0.247 e. The van der Waals surface area contributed by atoms with Gasteiger partial charge in [-0.25, -0.2) is 0 Å². The molecule has 0 spiro atoms. The predicted molar refractivity (Wildman–Crippen MR) is 119 cm³/mol. The monoisotopic (exact) mass is 420 g/mol. The van der Waals surface area contributed by atoms with Gasteiger partial charge in [0.1, 0.15) is 0 Å². The molecule has 30 heavy (non-hydrogen) atoms. The third-order valence-electron chi connectivity index (χ3n) is 4.97. The molecule has 0 bridgehead atoms. The van der Waals surface area contributed by atoms with E-state index in [9.17, 15) is 4.79 Å². The molecule has 0 fully saturated rings.